The Morgan fingerprint density at radius 3 is 2.53 bits per heavy atom. The van der Waals surface area contributed by atoms with Crippen molar-refractivity contribution in [1.29, 1.82) is 0 Å². The van der Waals surface area contributed by atoms with Crippen LogP contribution in [0.5, 0.6) is 0 Å². The summed E-state index contributed by atoms with van der Waals surface area (Å²) in [5.74, 6) is -0.517. The highest BCUT2D eigenvalue weighted by atomic mass is 32.1. The molecule has 1 fully saturated rings. The molecule has 0 aromatic carbocycles. The highest BCUT2D eigenvalue weighted by Crippen LogP contribution is 2.33. The summed E-state index contributed by atoms with van der Waals surface area (Å²) >= 11 is 1.51. The van der Waals surface area contributed by atoms with E-state index in [0.717, 1.165) is 10.1 Å². The van der Waals surface area contributed by atoms with Gasteiger partial charge in [-0.1, -0.05) is 32.1 Å². The number of hydrogen-bond acceptors (Lipinski definition) is 4. The third-order valence-electron chi connectivity index (χ3n) is 2.91. The Morgan fingerprint density at radius 2 is 2.06 bits per heavy atom. The summed E-state index contributed by atoms with van der Waals surface area (Å²) in [6, 6.07) is 0. The zero-order valence-corrected chi connectivity index (χ0v) is 11.1. The van der Waals surface area contributed by atoms with Crippen LogP contribution in [-0.4, -0.2) is 29.7 Å². The van der Waals surface area contributed by atoms with Crippen LogP contribution in [0.3, 0.4) is 0 Å². The molecule has 0 N–H and O–H groups in total. The SMILES string of the molecule is CC(C)(C)c1nnc(N2CCC(C(F)F)C2)s1. The molecule has 17 heavy (non-hydrogen) atoms. The lowest BCUT2D eigenvalue weighted by Gasteiger charge is -2.15. The Morgan fingerprint density at radius 1 is 1.35 bits per heavy atom. The minimum atomic E-state index is -2.23. The maximum atomic E-state index is 12.6. The molecule has 1 aromatic heterocycles. The van der Waals surface area contributed by atoms with Crippen LogP contribution in [0.1, 0.15) is 32.2 Å². The summed E-state index contributed by atoms with van der Waals surface area (Å²) in [6.07, 6.45) is -1.68. The Hall–Kier alpha value is -0.780. The van der Waals surface area contributed by atoms with E-state index in [4.69, 9.17) is 0 Å². The average molecular weight is 261 g/mol. The van der Waals surface area contributed by atoms with Crippen molar-refractivity contribution < 1.29 is 8.78 Å². The first-order valence-corrected chi connectivity index (χ1v) is 6.56. The fourth-order valence-corrected chi connectivity index (χ4v) is 2.75. The monoisotopic (exact) mass is 261 g/mol. The molecule has 2 heterocycles. The van der Waals surface area contributed by atoms with Gasteiger partial charge < -0.3 is 4.90 Å². The molecule has 1 unspecified atom stereocenters. The first-order valence-electron chi connectivity index (χ1n) is 5.75. The van der Waals surface area contributed by atoms with E-state index in [-0.39, 0.29) is 5.41 Å². The highest BCUT2D eigenvalue weighted by molar-refractivity contribution is 7.15. The number of anilines is 1. The molecule has 0 radical (unpaired) electrons. The summed E-state index contributed by atoms with van der Waals surface area (Å²) in [7, 11) is 0. The van der Waals surface area contributed by atoms with Gasteiger partial charge >= 0.3 is 0 Å². The first kappa shape index (κ1) is 12.7. The van der Waals surface area contributed by atoms with Crippen molar-refractivity contribution in [2.45, 2.75) is 39.0 Å². The van der Waals surface area contributed by atoms with Crippen LogP contribution in [0.15, 0.2) is 0 Å². The number of hydrogen-bond donors (Lipinski definition) is 0. The smallest absolute Gasteiger partial charge is 0.243 e. The van der Waals surface area contributed by atoms with Crippen LogP contribution < -0.4 is 4.90 Å². The van der Waals surface area contributed by atoms with Crippen molar-refractivity contribution in [3.8, 4) is 0 Å². The van der Waals surface area contributed by atoms with E-state index in [2.05, 4.69) is 31.0 Å². The lowest BCUT2D eigenvalue weighted by molar-refractivity contribution is 0.0880. The van der Waals surface area contributed by atoms with Crippen LogP contribution in [0.25, 0.3) is 0 Å². The van der Waals surface area contributed by atoms with E-state index in [1.807, 2.05) is 4.90 Å². The molecule has 0 saturated carbocycles. The quantitative estimate of drug-likeness (QED) is 0.819. The number of rotatable bonds is 2. The second-order valence-electron chi connectivity index (χ2n) is 5.47. The molecule has 0 amide bonds. The van der Waals surface area contributed by atoms with Crippen LogP contribution in [-0.2, 0) is 5.41 Å². The summed E-state index contributed by atoms with van der Waals surface area (Å²) < 4.78 is 25.1. The summed E-state index contributed by atoms with van der Waals surface area (Å²) in [6.45, 7) is 7.28. The summed E-state index contributed by atoms with van der Waals surface area (Å²) in [5.41, 5.74) is -0.0300. The Labute approximate surface area is 104 Å². The predicted molar refractivity (Wildman–Crippen MR) is 64.9 cm³/mol. The van der Waals surface area contributed by atoms with Gasteiger partial charge in [0.1, 0.15) is 5.01 Å². The molecule has 0 spiro atoms. The molecule has 1 aromatic rings. The molecule has 3 nitrogen and oxygen atoms in total. The normalized spacial score (nSPS) is 21.5. The van der Waals surface area contributed by atoms with Gasteiger partial charge in [0, 0.05) is 24.4 Å². The standard InChI is InChI=1S/C11H17F2N3S/c1-11(2,3)9-14-15-10(17-9)16-5-4-7(6-16)8(12)13/h7-8H,4-6H2,1-3H3. The molecule has 96 valence electrons. The van der Waals surface area contributed by atoms with E-state index in [1.165, 1.54) is 11.3 Å². The fraction of sp³-hybridized carbons (Fsp3) is 0.818. The van der Waals surface area contributed by atoms with Crippen molar-refractivity contribution >= 4 is 16.5 Å². The van der Waals surface area contributed by atoms with E-state index in [1.54, 1.807) is 0 Å². The number of halogens is 2. The molecule has 0 aliphatic carbocycles. The lowest BCUT2D eigenvalue weighted by Crippen LogP contribution is -2.21. The van der Waals surface area contributed by atoms with Crippen molar-refractivity contribution in [2.24, 2.45) is 5.92 Å². The largest absolute Gasteiger partial charge is 0.346 e. The highest BCUT2D eigenvalue weighted by Gasteiger charge is 2.31. The maximum Gasteiger partial charge on any atom is 0.243 e. The molecule has 1 atom stereocenters. The van der Waals surface area contributed by atoms with Gasteiger partial charge in [0.05, 0.1) is 0 Å². The molecule has 1 aliphatic rings. The van der Waals surface area contributed by atoms with Gasteiger partial charge in [-0.05, 0) is 6.42 Å². The topological polar surface area (TPSA) is 29.0 Å². The van der Waals surface area contributed by atoms with Crippen LogP contribution >= 0.6 is 11.3 Å². The zero-order valence-electron chi connectivity index (χ0n) is 10.3. The van der Waals surface area contributed by atoms with Gasteiger partial charge in [-0.3, -0.25) is 0 Å². The van der Waals surface area contributed by atoms with E-state index >= 15 is 0 Å². The second kappa shape index (κ2) is 4.48. The van der Waals surface area contributed by atoms with Crippen LogP contribution in [0.4, 0.5) is 13.9 Å². The minimum Gasteiger partial charge on any atom is -0.346 e. The van der Waals surface area contributed by atoms with Gasteiger partial charge in [-0.25, -0.2) is 8.78 Å². The van der Waals surface area contributed by atoms with Gasteiger partial charge in [0.2, 0.25) is 11.6 Å². The van der Waals surface area contributed by atoms with Crippen molar-refractivity contribution in [3.63, 3.8) is 0 Å². The van der Waals surface area contributed by atoms with Gasteiger partial charge in [0.25, 0.3) is 0 Å². The summed E-state index contributed by atoms with van der Waals surface area (Å²) in [5, 5.41) is 9.98. The third-order valence-corrected chi connectivity index (χ3v) is 4.32. The Bertz CT molecular complexity index is 386. The summed E-state index contributed by atoms with van der Waals surface area (Å²) in [4.78, 5) is 1.92. The maximum absolute atomic E-state index is 12.6. The Kier molecular flexibility index (Phi) is 3.34. The molecular formula is C11H17F2N3S. The fourth-order valence-electron chi connectivity index (χ4n) is 1.81. The molecule has 0 bridgehead atoms. The van der Waals surface area contributed by atoms with Crippen LogP contribution in [0.2, 0.25) is 0 Å². The molecular weight excluding hydrogens is 244 g/mol. The van der Waals surface area contributed by atoms with Gasteiger partial charge in [-0.2, -0.15) is 0 Å². The Balaban J connectivity index is 2.07. The number of nitrogens with zero attached hydrogens (tertiary/aromatic N) is 3. The zero-order chi connectivity index (χ0) is 12.6. The van der Waals surface area contributed by atoms with Crippen LogP contribution in [0, 0.1) is 5.92 Å². The third kappa shape index (κ3) is 2.73. The van der Waals surface area contributed by atoms with Gasteiger partial charge in [-0.15, -0.1) is 10.2 Å². The molecule has 6 heteroatoms. The average Bonchev–Trinajstić information content (AvgIpc) is 2.85. The van der Waals surface area contributed by atoms with Gasteiger partial charge in [0.15, 0.2) is 0 Å². The van der Waals surface area contributed by atoms with E-state index in [0.29, 0.717) is 19.5 Å². The second-order valence-corrected chi connectivity index (χ2v) is 6.42. The number of aromatic nitrogens is 2. The van der Waals surface area contributed by atoms with E-state index in [9.17, 15) is 8.78 Å². The minimum absolute atomic E-state index is 0.0300. The number of alkyl halides is 2. The predicted octanol–water partition coefficient (Wildman–Crippen LogP) is 2.93. The molecule has 1 saturated heterocycles. The van der Waals surface area contributed by atoms with Crippen molar-refractivity contribution in [3.05, 3.63) is 5.01 Å². The lowest BCUT2D eigenvalue weighted by atomic mass is 9.98. The molecule has 2 rings (SSSR count). The molecule has 1 aliphatic heterocycles. The first-order chi connectivity index (χ1) is 7.88. The van der Waals surface area contributed by atoms with E-state index < -0.39 is 12.3 Å². The van der Waals surface area contributed by atoms with Crippen molar-refractivity contribution in [1.82, 2.24) is 10.2 Å². The van der Waals surface area contributed by atoms with Crippen molar-refractivity contribution in [2.75, 3.05) is 18.0 Å².